The van der Waals surface area contributed by atoms with E-state index < -0.39 is 0 Å². The van der Waals surface area contributed by atoms with Crippen molar-refractivity contribution in [2.75, 3.05) is 0 Å². The minimum absolute atomic E-state index is 0.0194. The summed E-state index contributed by atoms with van der Waals surface area (Å²) >= 11 is 0. The summed E-state index contributed by atoms with van der Waals surface area (Å²) in [6.45, 7) is 10.4. The van der Waals surface area contributed by atoms with Crippen molar-refractivity contribution in [1.82, 2.24) is 0 Å². The summed E-state index contributed by atoms with van der Waals surface area (Å²) in [5, 5.41) is 0. The quantitative estimate of drug-likeness (QED) is 0.468. The second-order valence-electron chi connectivity index (χ2n) is 6.85. The summed E-state index contributed by atoms with van der Waals surface area (Å²) in [7, 11) is 0. The molecule has 1 fully saturated rings. The van der Waals surface area contributed by atoms with Gasteiger partial charge in [0.05, 0.1) is 12.3 Å². The average molecular weight is 300 g/mol. The van der Waals surface area contributed by atoms with Crippen molar-refractivity contribution in [2.45, 2.75) is 47.6 Å². The van der Waals surface area contributed by atoms with Crippen LogP contribution in [0.4, 0.5) is 0 Å². The van der Waals surface area contributed by atoms with E-state index >= 15 is 0 Å². The number of terminal acetylenes is 1. The van der Waals surface area contributed by atoms with Gasteiger partial charge in [0, 0.05) is 5.56 Å². The van der Waals surface area contributed by atoms with Crippen molar-refractivity contribution in [3.8, 4) is 12.3 Å². The van der Waals surface area contributed by atoms with E-state index in [1.807, 2.05) is 13.0 Å². The predicted molar refractivity (Wildman–Crippen MR) is 86.0 cm³/mol. The molecule has 3 heteroatoms. The van der Waals surface area contributed by atoms with Crippen molar-refractivity contribution in [2.24, 2.45) is 17.3 Å². The van der Waals surface area contributed by atoms with Gasteiger partial charge >= 0.3 is 5.97 Å². The monoisotopic (exact) mass is 300 g/mol. The van der Waals surface area contributed by atoms with Crippen LogP contribution in [-0.4, -0.2) is 5.97 Å². The Morgan fingerprint density at radius 1 is 1.50 bits per heavy atom. The maximum Gasteiger partial charge on any atom is 0.310 e. The predicted octanol–water partition coefficient (Wildman–Crippen LogP) is 4.05. The Labute approximate surface area is 132 Å². The van der Waals surface area contributed by atoms with E-state index in [9.17, 15) is 4.79 Å². The van der Waals surface area contributed by atoms with Crippen LogP contribution in [0.15, 0.2) is 22.1 Å². The van der Waals surface area contributed by atoms with Crippen LogP contribution < -0.4 is 0 Å². The number of esters is 1. The number of ether oxygens (including phenoxy) is 1. The van der Waals surface area contributed by atoms with Crippen LogP contribution in [-0.2, 0) is 22.6 Å². The molecule has 0 radical (unpaired) electrons. The molecule has 1 heterocycles. The summed E-state index contributed by atoms with van der Waals surface area (Å²) < 4.78 is 11.0. The SMILES string of the molecule is C#CCc1cc(COC(=O)[C@H]2[C@@H](C=C(C)C)C2(C)C)c(C)o1. The van der Waals surface area contributed by atoms with Gasteiger partial charge in [-0.25, -0.2) is 0 Å². The minimum atomic E-state index is -0.133. The zero-order valence-electron chi connectivity index (χ0n) is 14.0. The number of allylic oxidation sites excluding steroid dienone is 2. The highest BCUT2D eigenvalue weighted by molar-refractivity contribution is 5.78. The van der Waals surface area contributed by atoms with E-state index in [2.05, 4.69) is 39.7 Å². The van der Waals surface area contributed by atoms with Gasteiger partial charge in [0.1, 0.15) is 18.1 Å². The normalized spacial score (nSPS) is 21.8. The molecule has 1 aromatic rings. The Kier molecular flexibility index (Phi) is 4.51. The van der Waals surface area contributed by atoms with E-state index in [0.29, 0.717) is 6.42 Å². The van der Waals surface area contributed by atoms with Gasteiger partial charge in [-0.05, 0) is 38.2 Å². The molecule has 118 valence electrons. The van der Waals surface area contributed by atoms with Crippen molar-refractivity contribution in [3.05, 3.63) is 34.8 Å². The number of aryl methyl sites for hydroxylation is 1. The summed E-state index contributed by atoms with van der Waals surface area (Å²) in [4.78, 5) is 12.3. The van der Waals surface area contributed by atoms with Crippen LogP contribution in [0.2, 0.25) is 0 Å². The number of hydrogen-bond acceptors (Lipinski definition) is 3. The first-order valence-electron chi connectivity index (χ1n) is 7.60. The third-order valence-corrected chi connectivity index (χ3v) is 4.40. The standard InChI is InChI=1S/C19H24O3/c1-7-8-15-10-14(13(4)22-15)11-21-18(20)17-16(9-12(2)3)19(17,5)6/h1,9-10,16-17H,8,11H2,2-6H3/t16-,17-/m1/s1. The molecule has 0 saturated heterocycles. The molecule has 0 aliphatic heterocycles. The highest BCUT2D eigenvalue weighted by Gasteiger charge is 2.61. The first-order valence-corrected chi connectivity index (χ1v) is 7.60. The third kappa shape index (κ3) is 3.27. The summed E-state index contributed by atoms with van der Waals surface area (Å²) in [6.07, 6.45) is 7.89. The largest absolute Gasteiger partial charge is 0.465 e. The molecule has 0 spiro atoms. The van der Waals surface area contributed by atoms with Crippen molar-refractivity contribution in [3.63, 3.8) is 0 Å². The van der Waals surface area contributed by atoms with Gasteiger partial charge in [-0.2, -0.15) is 0 Å². The molecule has 1 saturated carbocycles. The second kappa shape index (κ2) is 6.04. The van der Waals surface area contributed by atoms with Gasteiger partial charge in [0.15, 0.2) is 0 Å². The van der Waals surface area contributed by atoms with E-state index in [1.54, 1.807) is 0 Å². The summed E-state index contributed by atoms with van der Waals surface area (Å²) in [5.74, 6) is 4.12. The Morgan fingerprint density at radius 3 is 2.77 bits per heavy atom. The molecule has 0 amide bonds. The van der Waals surface area contributed by atoms with Crippen molar-refractivity contribution < 1.29 is 13.9 Å². The number of carbonyl (C=O) groups is 1. The van der Waals surface area contributed by atoms with Crippen LogP contribution in [0.3, 0.4) is 0 Å². The molecule has 0 bridgehead atoms. The Hall–Kier alpha value is -1.95. The lowest BCUT2D eigenvalue weighted by atomic mass is 10.1. The second-order valence-corrected chi connectivity index (χ2v) is 6.85. The van der Waals surface area contributed by atoms with Gasteiger partial charge in [-0.1, -0.05) is 31.4 Å². The maximum absolute atomic E-state index is 12.3. The average Bonchev–Trinajstić information content (AvgIpc) is 2.75. The first-order chi connectivity index (χ1) is 10.3. The van der Waals surface area contributed by atoms with Gasteiger partial charge < -0.3 is 9.15 Å². The fourth-order valence-electron chi connectivity index (χ4n) is 2.96. The van der Waals surface area contributed by atoms with E-state index in [-0.39, 0.29) is 29.8 Å². The van der Waals surface area contributed by atoms with Crippen molar-refractivity contribution >= 4 is 5.97 Å². The summed E-state index contributed by atoms with van der Waals surface area (Å²) in [6, 6.07) is 1.87. The first kappa shape index (κ1) is 16.4. The van der Waals surface area contributed by atoms with Crippen LogP contribution >= 0.6 is 0 Å². The van der Waals surface area contributed by atoms with Crippen molar-refractivity contribution in [1.29, 1.82) is 0 Å². The molecule has 2 rings (SSSR count). The Morgan fingerprint density at radius 2 is 2.18 bits per heavy atom. The third-order valence-electron chi connectivity index (χ3n) is 4.40. The number of hydrogen-bond donors (Lipinski definition) is 0. The smallest absolute Gasteiger partial charge is 0.310 e. The fourth-order valence-corrected chi connectivity index (χ4v) is 2.96. The highest BCUT2D eigenvalue weighted by Crippen LogP contribution is 2.59. The van der Waals surface area contributed by atoms with Crippen LogP contribution in [0.1, 0.15) is 44.8 Å². The fraction of sp³-hybridized carbons (Fsp3) is 0.526. The highest BCUT2D eigenvalue weighted by atomic mass is 16.5. The topological polar surface area (TPSA) is 39.4 Å². The Balaban J connectivity index is 1.97. The minimum Gasteiger partial charge on any atom is -0.465 e. The molecular weight excluding hydrogens is 276 g/mol. The van der Waals surface area contributed by atoms with Gasteiger partial charge in [-0.15, -0.1) is 6.42 Å². The van der Waals surface area contributed by atoms with E-state index in [1.165, 1.54) is 5.57 Å². The molecule has 2 atom stereocenters. The zero-order chi connectivity index (χ0) is 16.5. The number of rotatable bonds is 5. The molecule has 22 heavy (non-hydrogen) atoms. The van der Waals surface area contributed by atoms with E-state index in [4.69, 9.17) is 15.6 Å². The molecule has 0 N–H and O–H groups in total. The van der Waals surface area contributed by atoms with Crippen LogP contribution in [0.25, 0.3) is 0 Å². The van der Waals surface area contributed by atoms with Gasteiger partial charge in [0.25, 0.3) is 0 Å². The molecule has 1 aliphatic rings. The zero-order valence-corrected chi connectivity index (χ0v) is 14.0. The Bertz CT molecular complexity index is 636. The lowest BCUT2D eigenvalue weighted by Crippen LogP contribution is -2.10. The maximum atomic E-state index is 12.3. The van der Waals surface area contributed by atoms with Gasteiger partial charge in [0.2, 0.25) is 0 Å². The molecule has 0 aromatic carbocycles. The molecule has 0 unspecified atom stereocenters. The molecule has 3 nitrogen and oxygen atoms in total. The molecular formula is C19H24O3. The number of furan rings is 1. The number of carbonyl (C=O) groups excluding carboxylic acids is 1. The van der Waals surface area contributed by atoms with Crippen LogP contribution in [0, 0.1) is 36.5 Å². The molecule has 1 aromatic heterocycles. The van der Waals surface area contributed by atoms with E-state index in [0.717, 1.165) is 17.1 Å². The lowest BCUT2D eigenvalue weighted by molar-refractivity contribution is -0.147. The lowest BCUT2D eigenvalue weighted by Gasteiger charge is -2.04. The van der Waals surface area contributed by atoms with Gasteiger partial charge in [-0.3, -0.25) is 4.79 Å². The summed E-state index contributed by atoms with van der Waals surface area (Å²) in [5.41, 5.74) is 2.10. The molecule has 1 aliphatic carbocycles. The van der Waals surface area contributed by atoms with Crippen LogP contribution in [0.5, 0.6) is 0 Å².